The zero-order valence-corrected chi connectivity index (χ0v) is 36.7. The number of anilines is 4. The minimum atomic E-state index is -6.28. The number of carbonyl (C=O) groups is 2. The molecule has 0 atom stereocenters. The number of nitrogens with zero attached hydrogens (tertiary/aromatic N) is 1. The van der Waals surface area contributed by atoms with Crippen molar-refractivity contribution in [2.45, 2.75) is 36.0 Å². The second-order valence-electron chi connectivity index (χ2n) is 12.1. The zero-order chi connectivity index (χ0) is 47.0. The third kappa shape index (κ3) is 9.95. The first-order chi connectivity index (χ1) is 27.7. The lowest BCUT2D eigenvalue weighted by Crippen LogP contribution is -2.50. The van der Waals surface area contributed by atoms with Crippen LogP contribution in [0.15, 0.2) is 78.6 Å². The molecule has 0 aromatic heterocycles. The van der Waals surface area contributed by atoms with Crippen LogP contribution in [0.4, 0.5) is 84.2 Å². The predicted octanol–water partition coefficient (Wildman–Crippen LogP) is 12.7. The number of amides is 2. The Bertz CT molecular complexity index is 2230. The van der Waals surface area contributed by atoms with E-state index in [0.29, 0.717) is 12.1 Å². The zero-order valence-electron chi connectivity index (χ0n) is 30.3. The predicted molar refractivity (Wildman–Crippen MR) is 209 cm³/mol. The molecule has 0 aliphatic heterocycles. The monoisotopic (exact) mass is 1150 g/mol. The van der Waals surface area contributed by atoms with Gasteiger partial charge in [-0.05, 0) is 112 Å². The highest BCUT2D eigenvalue weighted by Gasteiger charge is 2.74. The molecule has 0 aliphatic carbocycles. The summed E-state index contributed by atoms with van der Waals surface area (Å²) in [4.78, 5) is 26.4. The summed E-state index contributed by atoms with van der Waals surface area (Å²) in [6.45, 7) is 0. The summed E-state index contributed by atoms with van der Waals surface area (Å²) in [6, 6.07) is 9.72. The third-order valence-electron chi connectivity index (χ3n) is 8.27. The van der Waals surface area contributed by atoms with Gasteiger partial charge < -0.3 is 31.2 Å². The molecule has 26 heteroatoms. The molecule has 334 valence electrons. The standard InChI is InChI=1S/C18H13Br2F7N2O2.C17H11Br2F7N2O2/c1-29(15(30)9-4-3-5-12(28)14(9)31-2)13-10(19)6-8(7-11(13)20)16(21,17(22,23)24)18(25,26)27;1-30-13-8(3-2-4-11(13)27)14(29)28-12-9(18)5-7(6-10(12)19)15(20,16(21,22)23)17(24,25)26/h3-7H,28H2,1-2H3;2-6H,27H2,1H3,(H,28,29). The van der Waals surface area contributed by atoms with Crippen molar-refractivity contribution in [3.63, 3.8) is 0 Å². The lowest BCUT2D eigenvalue weighted by Gasteiger charge is -2.31. The summed E-state index contributed by atoms with van der Waals surface area (Å²) in [5, 5.41) is 2.30. The van der Waals surface area contributed by atoms with Gasteiger partial charge in [0.05, 0.1) is 48.1 Å². The fourth-order valence-corrected chi connectivity index (χ4v) is 8.43. The molecule has 0 aliphatic rings. The van der Waals surface area contributed by atoms with Gasteiger partial charge in [0.15, 0.2) is 11.5 Å². The number of alkyl halides is 14. The van der Waals surface area contributed by atoms with Gasteiger partial charge in [-0.3, -0.25) is 9.59 Å². The molecule has 4 aromatic carbocycles. The summed E-state index contributed by atoms with van der Waals surface area (Å²) in [5.74, 6) is -1.53. The fraction of sp³-hybridized carbons (Fsp3) is 0.257. The van der Waals surface area contributed by atoms with E-state index in [1.54, 1.807) is 0 Å². The maximum absolute atomic E-state index is 14.4. The van der Waals surface area contributed by atoms with Crippen LogP contribution in [0.2, 0.25) is 0 Å². The normalized spacial score (nSPS) is 12.6. The summed E-state index contributed by atoms with van der Waals surface area (Å²) in [5.41, 5.74) is -3.43. The molecule has 0 spiro atoms. The van der Waals surface area contributed by atoms with Gasteiger partial charge in [-0.2, -0.15) is 52.7 Å². The second kappa shape index (κ2) is 18.4. The number of hydrogen-bond acceptors (Lipinski definition) is 6. The number of carbonyl (C=O) groups excluding carboxylic acids is 2. The van der Waals surface area contributed by atoms with Gasteiger partial charge in [-0.25, -0.2) is 8.78 Å². The van der Waals surface area contributed by atoms with Crippen molar-refractivity contribution in [1.29, 1.82) is 0 Å². The Labute approximate surface area is 368 Å². The first-order valence-corrected chi connectivity index (χ1v) is 19.0. The molecule has 2 amide bonds. The molecule has 0 saturated heterocycles. The lowest BCUT2D eigenvalue weighted by molar-refractivity contribution is -0.349. The minimum Gasteiger partial charge on any atom is -0.494 e. The third-order valence-corrected chi connectivity index (χ3v) is 10.7. The molecule has 0 heterocycles. The molecule has 5 N–H and O–H groups in total. The van der Waals surface area contributed by atoms with Crippen molar-refractivity contribution in [1.82, 2.24) is 0 Å². The summed E-state index contributed by atoms with van der Waals surface area (Å²) < 4.78 is 193. The van der Waals surface area contributed by atoms with Gasteiger partial charge in [0.2, 0.25) is 0 Å². The molecular weight excluding hydrogens is 1130 g/mol. The number of methoxy groups -OCH3 is 2. The Kier molecular flexibility index (Phi) is 15.4. The maximum Gasteiger partial charge on any atom is 0.435 e. The number of hydrogen-bond donors (Lipinski definition) is 3. The first kappa shape index (κ1) is 51.3. The van der Waals surface area contributed by atoms with Gasteiger partial charge >= 0.3 is 36.0 Å². The molecule has 61 heavy (non-hydrogen) atoms. The van der Waals surface area contributed by atoms with E-state index in [1.807, 2.05) is 0 Å². The molecule has 0 bridgehead atoms. The van der Waals surface area contributed by atoms with Crippen LogP contribution >= 0.6 is 63.7 Å². The van der Waals surface area contributed by atoms with Crippen molar-refractivity contribution in [3.8, 4) is 11.5 Å². The lowest BCUT2D eigenvalue weighted by atomic mass is 9.94. The van der Waals surface area contributed by atoms with Crippen LogP contribution in [0.25, 0.3) is 0 Å². The molecule has 0 fully saturated rings. The number of para-hydroxylation sites is 2. The average Bonchev–Trinajstić information content (AvgIpc) is 3.12. The number of nitrogens with one attached hydrogen (secondary N) is 1. The van der Waals surface area contributed by atoms with E-state index in [2.05, 4.69) is 69.0 Å². The first-order valence-electron chi connectivity index (χ1n) is 15.8. The molecule has 0 unspecified atom stereocenters. The van der Waals surface area contributed by atoms with Crippen LogP contribution < -0.4 is 31.2 Å². The summed E-state index contributed by atoms with van der Waals surface area (Å²) >= 11 is 11.2. The highest BCUT2D eigenvalue weighted by atomic mass is 79.9. The van der Waals surface area contributed by atoms with Gasteiger partial charge in [-0.15, -0.1) is 0 Å². The Morgan fingerprint density at radius 3 is 1.25 bits per heavy atom. The van der Waals surface area contributed by atoms with Gasteiger partial charge in [0.25, 0.3) is 11.8 Å². The fourth-order valence-electron chi connectivity index (χ4n) is 5.33. The van der Waals surface area contributed by atoms with Crippen LogP contribution in [-0.2, 0) is 11.3 Å². The maximum atomic E-state index is 14.4. The number of halogens is 18. The number of ether oxygens (including phenoxy) is 2. The Hall–Kier alpha value is -4.04. The van der Waals surface area contributed by atoms with Crippen molar-refractivity contribution in [2.24, 2.45) is 0 Å². The highest BCUT2D eigenvalue weighted by molar-refractivity contribution is 9.11. The smallest absolute Gasteiger partial charge is 0.435 e. The number of benzene rings is 4. The van der Waals surface area contributed by atoms with Crippen molar-refractivity contribution >= 4 is 98.3 Å². The molecule has 0 saturated carbocycles. The molecule has 8 nitrogen and oxygen atoms in total. The van der Waals surface area contributed by atoms with Gasteiger partial charge in [0.1, 0.15) is 0 Å². The van der Waals surface area contributed by atoms with Gasteiger partial charge in [0, 0.05) is 36.1 Å². The average molecular weight is 1150 g/mol. The number of rotatable bonds is 8. The van der Waals surface area contributed by atoms with E-state index in [4.69, 9.17) is 20.9 Å². The largest absolute Gasteiger partial charge is 0.494 e. The highest BCUT2D eigenvalue weighted by Crippen LogP contribution is 2.56. The molecule has 4 aromatic rings. The Balaban J connectivity index is 0.000000325. The van der Waals surface area contributed by atoms with E-state index in [9.17, 15) is 71.1 Å². The van der Waals surface area contributed by atoms with E-state index in [1.165, 1.54) is 57.7 Å². The van der Waals surface area contributed by atoms with E-state index >= 15 is 0 Å². The van der Waals surface area contributed by atoms with E-state index in [-0.39, 0.29) is 57.5 Å². The minimum absolute atomic E-state index is 0.00998. The SMILES string of the molecule is COc1c(N)cccc1C(=O)N(C)c1c(Br)cc(C(F)(C(F)(F)F)C(F)(F)F)cc1Br.COc1c(N)cccc1C(=O)Nc1c(Br)cc(C(F)(C(F)(F)F)C(F)(F)F)cc1Br. The van der Waals surface area contributed by atoms with Gasteiger partial charge in [-0.1, -0.05) is 12.1 Å². The molecule has 0 radical (unpaired) electrons. The van der Waals surface area contributed by atoms with Crippen LogP contribution in [0, 0.1) is 0 Å². The summed E-state index contributed by atoms with van der Waals surface area (Å²) in [7, 11) is 3.72. The van der Waals surface area contributed by atoms with Crippen LogP contribution in [0.5, 0.6) is 11.5 Å². The van der Waals surface area contributed by atoms with Crippen molar-refractivity contribution < 1.29 is 80.5 Å². The van der Waals surface area contributed by atoms with Crippen molar-refractivity contribution in [2.75, 3.05) is 43.0 Å². The second-order valence-corrected chi connectivity index (χ2v) is 15.5. The van der Waals surface area contributed by atoms with E-state index < -0.39 is 76.9 Å². The molecular formula is C35H24Br4F14N4O4. The molecule has 4 rings (SSSR count). The Morgan fingerprint density at radius 2 is 0.902 bits per heavy atom. The van der Waals surface area contributed by atoms with Crippen LogP contribution in [0.3, 0.4) is 0 Å². The van der Waals surface area contributed by atoms with Crippen LogP contribution in [0.1, 0.15) is 31.8 Å². The Morgan fingerprint density at radius 1 is 0.574 bits per heavy atom. The summed E-state index contributed by atoms with van der Waals surface area (Å²) in [6.07, 6.45) is -25.1. The quantitative estimate of drug-likeness (QED) is 0.119. The number of nitrogens with two attached hydrogens (primary N) is 2. The van der Waals surface area contributed by atoms with Crippen LogP contribution in [-0.4, -0.2) is 57.8 Å². The number of nitrogen functional groups attached to an aromatic ring is 2. The van der Waals surface area contributed by atoms with Crippen molar-refractivity contribution in [3.05, 3.63) is 101 Å². The van der Waals surface area contributed by atoms with E-state index in [0.717, 1.165) is 4.90 Å². The topological polar surface area (TPSA) is 120 Å².